The van der Waals surface area contributed by atoms with Gasteiger partial charge in [-0.3, -0.25) is 4.79 Å². The fourth-order valence-electron chi connectivity index (χ4n) is 1.06. The molecule has 72 valence electrons. The first-order chi connectivity index (χ1) is 5.27. The fourth-order valence-corrected chi connectivity index (χ4v) is 1.06. The van der Waals surface area contributed by atoms with Crippen LogP contribution in [0.25, 0.3) is 0 Å². The molecule has 0 saturated carbocycles. The number of hydrogen-bond acceptors (Lipinski definition) is 1. The molecule has 0 saturated heterocycles. The van der Waals surface area contributed by atoms with Gasteiger partial charge in [0.15, 0.2) is 0 Å². The summed E-state index contributed by atoms with van der Waals surface area (Å²) in [4.78, 5) is 10.1. The van der Waals surface area contributed by atoms with Crippen LogP contribution in [0.1, 0.15) is 51.9 Å². The van der Waals surface area contributed by atoms with E-state index in [-0.39, 0.29) is 25.8 Å². The quantitative estimate of drug-likeness (QED) is 0.718. The van der Waals surface area contributed by atoms with Crippen molar-refractivity contribution in [2.75, 3.05) is 0 Å². The van der Waals surface area contributed by atoms with Crippen LogP contribution in [0.15, 0.2) is 0 Å². The van der Waals surface area contributed by atoms with Gasteiger partial charge in [0.2, 0.25) is 0 Å². The Hall–Kier alpha value is 0.340. The molecule has 2 nitrogen and oxygen atoms in total. The summed E-state index contributed by atoms with van der Waals surface area (Å²) in [6, 6.07) is 0. The average molecular weight is 276 g/mol. The van der Waals surface area contributed by atoms with E-state index < -0.39 is 5.97 Å². The van der Waals surface area contributed by atoms with Gasteiger partial charge in [-0.1, -0.05) is 39.0 Å². The van der Waals surface area contributed by atoms with Gasteiger partial charge in [-0.15, -0.1) is 0 Å². The third-order valence-electron chi connectivity index (χ3n) is 1.74. The van der Waals surface area contributed by atoms with E-state index in [0.717, 1.165) is 12.8 Å². The van der Waals surface area contributed by atoms with E-state index in [9.17, 15) is 4.79 Å². The van der Waals surface area contributed by atoms with Crippen molar-refractivity contribution in [2.24, 2.45) is 0 Å². The Morgan fingerprint density at radius 1 is 1.08 bits per heavy atom. The normalized spacial score (nSPS) is 9.08. The molecule has 0 heterocycles. The molecule has 3 heteroatoms. The van der Waals surface area contributed by atoms with Gasteiger partial charge < -0.3 is 5.11 Å². The second-order valence-electron chi connectivity index (χ2n) is 2.91. The SMILES string of the molecule is CCCCCCCCC(=O)O.[InH3]. The fraction of sp³-hybridized carbons (Fsp3) is 0.889. The molecule has 0 aromatic carbocycles. The van der Waals surface area contributed by atoms with Crippen LogP contribution in [0.5, 0.6) is 0 Å². The van der Waals surface area contributed by atoms with Crippen LogP contribution in [0.3, 0.4) is 0 Å². The van der Waals surface area contributed by atoms with Crippen LogP contribution in [0.4, 0.5) is 0 Å². The van der Waals surface area contributed by atoms with Crippen LogP contribution >= 0.6 is 0 Å². The first-order valence-corrected chi connectivity index (χ1v) is 4.49. The number of carboxylic acids is 1. The van der Waals surface area contributed by atoms with E-state index in [0.29, 0.717) is 6.42 Å². The summed E-state index contributed by atoms with van der Waals surface area (Å²) >= 11 is 0. The minimum absolute atomic E-state index is 0. The Kier molecular flexibility index (Phi) is 14.0. The molecular formula is C9H21InO2. The van der Waals surface area contributed by atoms with Crippen molar-refractivity contribution in [2.45, 2.75) is 51.9 Å². The Morgan fingerprint density at radius 2 is 1.58 bits per heavy atom. The van der Waals surface area contributed by atoms with Crippen molar-refractivity contribution in [3.05, 3.63) is 0 Å². The molecule has 0 aliphatic rings. The number of aliphatic carboxylic acids is 1. The van der Waals surface area contributed by atoms with Gasteiger partial charge >= 0.3 is 31.8 Å². The monoisotopic (exact) mass is 276 g/mol. The molecule has 0 aliphatic heterocycles. The maximum atomic E-state index is 10.1. The van der Waals surface area contributed by atoms with Gasteiger partial charge in [0, 0.05) is 6.42 Å². The van der Waals surface area contributed by atoms with Crippen LogP contribution in [-0.2, 0) is 4.79 Å². The van der Waals surface area contributed by atoms with Crippen molar-refractivity contribution in [1.82, 2.24) is 0 Å². The number of hydrogen-bond donors (Lipinski definition) is 1. The number of carbonyl (C=O) groups is 1. The summed E-state index contributed by atoms with van der Waals surface area (Å²) in [6.45, 7) is 2.18. The molecule has 0 rings (SSSR count). The third-order valence-corrected chi connectivity index (χ3v) is 1.74. The summed E-state index contributed by atoms with van der Waals surface area (Å²) in [7, 11) is 0. The Labute approximate surface area is 93.5 Å². The summed E-state index contributed by atoms with van der Waals surface area (Å²) in [5.41, 5.74) is 0. The first kappa shape index (κ1) is 14.8. The third kappa shape index (κ3) is 13.0. The van der Waals surface area contributed by atoms with Gasteiger partial charge in [0.25, 0.3) is 0 Å². The number of unbranched alkanes of at least 4 members (excludes halogenated alkanes) is 5. The van der Waals surface area contributed by atoms with E-state index >= 15 is 0 Å². The van der Waals surface area contributed by atoms with Crippen molar-refractivity contribution < 1.29 is 9.90 Å². The van der Waals surface area contributed by atoms with E-state index in [1.165, 1.54) is 25.7 Å². The van der Waals surface area contributed by atoms with Gasteiger partial charge in [0.1, 0.15) is 0 Å². The number of rotatable bonds is 7. The zero-order chi connectivity index (χ0) is 8.53. The summed E-state index contributed by atoms with van der Waals surface area (Å²) in [5, 5.41) is 8.32. The van der Waals surface area contributed by atoms with Crippen molar-refractivity contribution in [3.63, 3.8) is 0 Å². The standard InChI is InChI=1S/C9H18O2.In.3H/c1-2-3-4-5-6-7-8-9(10)11;;;;/h2-8H2,1H3,(H,10,11);;;;. The minimum atomic E-state index is -0.666. The van der Waals surface area contributed by atoms with Gasteiger partial charge in [-0.2, -0.15) is 0 Å². The molecule has 0 aliphatic carbocycles. The van der Waals surface area contributed by atoms with Gasteiger partial charge in [0.05, 0.1) is 0 Å². The van der Waals surface area contributed by atoms with Crippen molar-refractivity contribution in [1.29, 1.82) is 0 Å². The molecule has 0 aromatic rings. The molecule has 0 spiro atoms. The predicted octanol–water partition coefficient (Wildman–Crippen LogP) is 1.64. The molecule has 1 N–H and O–H groups in total. The Morgan fingerprint density at radius 3 is 2.08 bits per heavy atom. The Balaban J connectivity index is 0. The molecule has 0 radical (unpaired) electrons. The van der Waals surface area contributed by atoms with E-state index in [1.807, 2.05) is 0 Å². The topological polar surface area (TPSA) is 37.3 Å². The first-order valence-electron chi connectivity index (χ1n) is 4.49. The van der Waals surface area contributed by atoms with E-state index in [4.69, 9.17) is 5.11 Å². The van der Waals surface area contributed by atoms with E-state index in [1.54, 1.807) is 0 Å². The van der Waals surface area contributed by atoms with Gasteiger partial charge in [-0.05, 0) is 6.42 Å². The predicted molar refractivity (Wildman–Crippen MR) is 55.6 cm³/mol. The molecule has 0 aromatic heterocycles. The van der Waals surface area contributed by atoms with Gasteiger partial charge in [-0.25, -0.2) is 0 Å². The van der Waals surface area contributed by atoms with Crippen molar-refractivity contribution >= 4 is 31.8 Å². The van der Waals surface area contributed by atoms with Crippen molar-refractivity contribution in [3.8, 4) is 0 Å². The molecular weight excluding hydrogens is 255 g/mol. The average Bonchev–Trinajstić information content (AvgIpc) is 1.96. The maximum absolute atomic E-state index is 10.1. The van der Waals surface area contributed by atoms with Crippen LogP contribution < -0.4 is 0 Å². The summed E-state index contributed by atoms with van der Waals surface area (Å²) in [6.07, 6.45) is 7.25. The van der Waals surface area contributed by atoms with Crippen LogP contribution in [-0.4, -0.2) is 36.9 Å². The molecule has 0 bridgehead atoms. The summed E-state index contributed by atoms with van der Waals surface area (Å²) < 4.78 is 0. The van der Waals surface area contributed by atoms with Crippen LogP contribution in [0, 0.1) is 0 Å². The van der Waals surface area contributed by atoms with E-state index in [2.05, 4.69) is 6.92 Å². The molecule has 0 fully saturated rings. The molecule has 0 unspecified atom stereocenters. The molecule has 12 heavy (non-hydrogen) atoms. The van der Waals surface area contributed by atoms with Crippen LogP contribution in [0.2, 0.25) is 0 Å². The zero-order valence-electron chi connectivity index (χ0n) is 7.31. The zero-order valence-corrected chi connectivity index (χ0v) is 7.31. The second-order valence-corrected chi connectivity index (χ2v) is 2.91. The second kappa shape index (κ2) is 11.3. The number of carboxylic acid groups (broad SMARTS) is 1. The molecule has 0 amide bonds. The molecule has 0 atom stereocenters. The summed E-state index contributed by atoms with van der Waals surface area (Å²) in [5.74, 6) is -0.666. The Bertz CT molecular complexity index is 105.